The second-order valence-electron chi connectivity index (χ2n) is 9.37. The standard InChI is InChI=1S/C28H32FN3O7S2/c1-38-26-16-15-23(19-27(26)39-2)41(36,37)32(25-10-6-5-9-24(25)29)20-28(33)30-21-11-13-22(14-12-21)40(34,35)31-17-7-3-4-8-18-31/h5-6,9-16,19H,3-4,7-8,17-18,20H2,1-2H3,(H,30,33). The van der Waals surface area contributed by atoms with Gasteiger partial charge in [0.25, 0.3) is 10.0 Å². The number of benzene rings is 3. The molecule has 3 aromatic carbocycles. The highest BCUT2D eigenvalue weighted by atomic mass is 32.2. The van der Waals surface area contributed by atoms with Gasteiger partial charge in [-0.25, -0.2) is 21.2 Å². The van der Waals surface area contributed by atoms with Crippen LogP contribution in [0, 0.1) is 5.82 Å². The number of rotatable bonds is 10. The predicted octanol–water partition coefficient (Wildman–Crippen LogP) is 4.24. The van der Waals surface area contributed by atoms with E-state index < -0.39 is 38.3 Å². The van der Waals surface area contributed by atoms with E-state index in [9.17, 15) is 26.0 Å². The van der Waals surface area contributed by atoms with Crippen molar-refractivity contribution in [1.29, 1.82) is 0 Å². The number of amides is 1. The monoisotopic (exact) mass is 605 g/mol. The molecule has 0 aliphatic carbocycles. The normalized spacial score (nSPS) is 14.6. The second-order valence-corrected chi connectivity index (χ2v) is 13.2. The molecule has 0 radical (unpaired) electrons. The fourth-order valence-corrected chi connectivity index (χ4v) is 7.49. The molecule has 1 heterocycles. The van der Waals surface area contributed by atoms with Gasteiger partial charge in [-0.15, -0.1) is 0 Å². The van der Waals surface area contributed by atoms with Gasteiger partial charge in [-0.05, 0) is 61.4 Å². The van der Waals surface area contributed by atoms with E-state index in [-0.39, 0.29) is 26.9 Å². The molecule has 1 saturated heterocycles. The molecule has 4 rings (SSSR count). The molecule has 0 unspecified atom stereocenters. The van der Waals surface area contributed by atoms with Gasteiger partial charge in [0.15, 0.2) is 11.5 Å². The van der Waals surface area contributed by atoms with Crippen molar-refractivity contribution in [2.75, 3.05) is 43.5 Å². The molecule has 0 saturated carbocycles. The van der Waals surface area contributed by atoms with Gasteiger partial charge in [0.05, 0.1) is 29.7 Å². The summed E-state index contributed by atoms with van der Waals surface area (Å²) in [7, 11) is -5.38. The number of nitrogens with zero attached hydrogens (tertiary/aromatic N) is 2. The smallest absolute Gasteiger partial charge is 0.265 e. The third-order valence-electron chi connectivity index (χ3n) is 6.69. The van der Waals surface area contributed by atoms with Gasteiger partial charge < -0.3 is 14.8 Å². The van der Waals surface area contributed by atoms with E-state index in [0.29, 0.717) is 23.1 Å². The van der Waals surface area contributed by atoms with Crippen LogP contribution in [0.5, 0.6) is 11.5 Å². The number of halogens is 1. The lowest BCUT2D eigenvalue weighted by Crippen LogP contribution is -2.38. The molecule has 1 N–H and O–H groups in total. The van der Waals surface area contributed by atoms with E-state index in [4.69, 9.17) is 9.47 Å². The van der Waals surface area contributed by atoms with Gasteiger partial charge in [0, 0.05) is 24.8 Å². The van der Waals surface area contributed by atoms with Crippen LogP contribution < -0.4 is 19.1 Å². The molecule has 1 fully saturated rings. The van der Waals surface area contributed by atoms with Crippen molar-refractivity contribution in [2.45, 2.75) is 35.5 Å². The maximum absolute atomic E-state index is 14.8. The lowest BCUT2D eigenvalue weighted by molar-refractivity contribution is -0.114. The van der Waals surface area contributed by atoms with Crippen molar-refractivity contribution in [3.05, 3.63) is 72.5 Å². The van der Waals surface area contributed by atoms with Gasteiger partial charge in [-0.1, -0.05) is 25.0 Å². The zero-order chi connectivity index (χ0) is 29.6. The molecule has 1 aliphatic rings. The van der Waals surface area contributed by atoms with Gasteiger partial charge in [0.1, 0.15) is 12.4 Å². The number of carbonyl (C=O) groups excluding carboxylic acids is 1. The quantitative estimate of drug-likeness (QED) is 0.367. The second kappa shape index (κ2) is 12.9. The van der Waals surface area contributed by atoms with Crippen molar-refractivity contribution in [1.82, 2.24) is 4.31 Å². The average Bonchev–Trinajstić information content (AvgIpc) is 3.27. The SMILES string of the molecule is COc1ccc(S(=O)(=O)N(CC(=O)Nc2ccc(S(=O)(=O)N3CCCCCC3)cc2)c2ccccc2F)cc1OC. The largest absolute Gasteiger partial charge is 0.493 e. The summed E-state index contributed by atoms with van der Waals surface area (Å²) in [4.78, 5) is 12.9. The molecule has 0 atom stereocenters. The molecule has 1 aliphatic heterocycles. The van der Waals surface area contributed by atoms with Crippen LogP contribution in [0.4, 0.5) is 15.8 Å². The Balaban J connectivity index is 1.58. The highest BCUT2D eigenvalue weighted by Crippen LogP contribution is 2.33. The molecule has 13 heteroatoms. The van der Waals surface area contributed by atoms with Crippen LogP contribution in [-0.2, 0) is 24.8 Å². The number of para-hydroxylation sites is 1. The Labute approximate surface area is 239 Å². The fraction of sp³-hybridized carbons (Fsp3) is 0.321. The number of ether oxygens (including phenoxy) is 2. The first-order valence-electron chi connectivity index (χ1n) is 13.0. The maximum Gasteiger partial charge on any atom is 0.265 e. The Hall–Kier alpha value is -3.68. The maximum atomic E-state index is 14.8. The average molecular weight is 606 g/mol. The third kappa shape index (κ3) is 6.80. The summed E-state index contributed by atoms with van der Waals surface area (Å²) in [5.74, 6) is -1.17. The van der Waals surface area contributed by atoms with E-state index in [1.165, 1.54) is 79.2 Å². The Morgan fingerprint density at radius 1 is 0.854 bits per heavy atom. The highest BCUT2D eigenvalue weighted by Gasteiger charge is 2.30. The summed E-state index contributed by atoms with van der Waals surface area (Å²) in [6, 6.07) is 14.7. The van der Waals surface area contributed by atoms with E-state index in [2.05, 4.69) is 5.32 Å². The summed E-state index contributed by atoms with van der Waals surface area (Å²) in [6.45, 7) is 0.161. The summed E-state index contributed by atoms with van der Waals surface area (Å²) >= 11 is 0. The number of methoxy groups -OCH3 is 2. The van der Waals surface area contributed by atoms with Crippen LogP contribution in [0.1, 0.15) is 25.7 Å². The fourth-order valence-electron chi connectivity index (χ4n) is 4.53. The van der Waals surface area contributed by atoms with Gasteiger partial charge in [-0.3, -0.25) is 9.10 Å². The third-order valence-corrected chi connectivity index (χ3v) is 10.4. The molecule has 0 spiro atoms. The summed E-state index contributed by atoms with van der Waals surface area (Å²) in [6.07, 6.45) is 3.58. The zero-order valence-electron chi connectivity index (χ0n) is 22.7. The molecule has 0 aromatic heterocycles. The van der Waals surface area contributed by atoms with Crippen molar-refractivity contribution < 1.29 is 35.5 Å². The molecule has 3 aromatic rings. The molecule has 1 amide bonds. The van der Waals surface area contributed by atoms with Gasteiger partial charge in [-0.2, -0.15) is 4.31 Å². The van der Waals surface area contributed by atoms with Crippen molar-refractivity contribution in [3.63, 3.8) is 0 Å². The molecular formula is C28H32FN3O7S2. The molecule has 220 valence electrons. The van der Waals surface area contributed by atoms with Crippen LogP contribution in [0.3, 0.4) is 0 Å². The lowest BCUT2D eigenvalue weighted by atomic mass is 10.2. The van der Waals surface area contributed by atoms with Crippen molar-refractivity contribution in [3.8, 4) is 11.5 Å². The topological polar surface area (TPSA) is 122 Å². The zero-order valence-corrected chi connectivity index (χ0v) is 24.4. The predicted molar refractivity (Wildman–Crippen MR) is 153 cm³/mol. The minimum absolute atomic E-state index is 0.0985. The summed E-state index contributed by atoms with van der Waals surface area (Å²) in [5, 5.41) is 2.57. The highest BCUT2D eigenvalue weighted by molar-refractivity contribution is 7.92. The Morgan fingerprint density at radius 3 is 2.07 bits per heavy atom. The number of carbonyl (C=O) groups is 1. The molecule has 10 nitrogen and oxygen atoms in total. The van der Waals surface area contributed by atoms with E-state index >= 15 is 0 Å². The molecule has 0 bridgehead atoms. The van der Waals surface area contributed by atoms with Gasteiger partial charge >= 0.3 is 0 Å². The number of sulfonamides is 2. The lowest BCUT2D eigenvalue weighted by Gasteiger charge is -2.25. The first-order valence-corrected chi connectivity index (χ1v) is 15.9. The van der Waals surface area contributed by atoms with E-state index in [0.717, 1.165) is 31.7 Å². The number of hydrogen-bond donors (Lipinski definition) is 1. The molecule has 41 heavy (non-hydrogen) atoms. The number of hydrogen-bond acceptors (Lipinski definition) is 7. The van der Waals surface area contributed by atoms with E-state index in [1.807, 2.05) is 0 Å². The van der Waals surface area contributed by atoms with Gasteiger partial charge in [0.2, 0.25) is 15.9 Å². The van der Waals surface area contributed by atoms with Crippen molar-refractivity contribution >= 4 is 37.3 Å². The minimum Gasteiger partial charge on any atom is -0.493 e. The Morgan fingerprint density at radius 2 is 1.46 bits per heavy atom. The van der Waals surface area contributed by atoms with Crippen LogP contribution in [0.15, 0.2) is 76.5 Å². The van der Waals surface area contributed by atoms with Crippen molar-refractivity contribution in [2.24, 2.45) is 0 Å². The van der Waals surface area contributed by atoms with Crippen LogP contribution in [-0.4, -0.2) is 60.9 Å². The first kappa shape index (κ1) is 30.3. The minimum atomic E-state index is -4.45. The van der Waals surface area contributed by atoms with Crippen LogP contribution in [0.2, 0.25) is 0 Å². The van der Waals surface area contributed by atoms with Crippen LogP contribution >= 0.6 is 0 Å². The Kier molecular flexibility index (Phi) is 9.51. The number of anilines is 2. The first-order chi connectivity index (χ1) is 19.6. The van der Waals surface area contributed by atoms with E-state index in [1.54, 1.807) is 0 Å². The summed E-state index contributed by atoms with van der Waals surface area (Å²) < 4.78 is 80.8. The molecular weight excluding hydrogens is 573 g/mol. The van der Waals surface area contributed by atoms with Crippen LogP contribution in [0.25, 0.3) is 0 Å². The Bertz CT molecular complexity index is 1590. The number of nitrogens with one attached hydrogen (secondary N) is 1. The summed E-state index contributed by atoms with van der Waals surface area (Å²) in [5.41, 5.74) is -0.0712.